The third-order valence-electron chi connectivity index (χ3n) is 3.20. The number of benzene rings is 1. The van der Waals surface area contributed by atoms with Gasteiger partial charge >= 0.3 is 0 Å². The fourth-order valence-electron chi connectivity index (χ4n) is 1.96. The Morgan fingerprint density at radius 2 is 2.18 bits per heavy atom. The Morgan fingerprint density at radius 3 is 2.82 bits per heavy atom. The van der Waals surface area contributed by atoms with Gasteiger partial charge in [0.15, 0.2) is 0 Å². The lowest BCUT2D eigenvalue weighted by atomic mass is 9.89. The highest BCUT2D eigenvalue weighted by Crippen LogP contribution is 2.23. The van der Waals surface area contributed by atoms with Crippen LogP contribution in [0.4, 0.5) is 4.39 Å². The van der Waals surface area contributed by atoms with Gasteiger partial charge in [-0.1, -0.05) is 12.1 Å². The number of hydrogen-bond acceptors (Lipinski definition) is 2. The van der Waals surface area contributed by atoms with Crippen LogP contribution in [-0.2, 0) is 4.74 Å². The van der Waals surface area contributed by atoms with Crippen molar-refractivity contribution in [3.8, 4) is 0 Å². The molecule has 1 saturated carbocycles. The molecule has 0 spiro atoms. The monoisotopic (exact) mass is 237 g/mol. The second-order valence-electron chi connectivity index (χ2n) is 4.44. The van der Waals surface area contributed by atoms with E-state index in [1.807, 2.05) is 0 Å². The highest BCUT2D eigenvalue weighted by atomic mass is 19.1. The molecule has 1 aliphatic rings. The molecule has 0 unspecified atom stereocenters. The normalized spacial score (nSPS) is 23.0. The lowest BCUT2D eigenvalue weighted by Crippen LogP contribution is -2.47. The van der Waals surface area contributed by atoms with Crippen LogP contribution >= 0.6 is 0 Å². The summed E-state index contributed by atoms with van der Waals surface area (Å²) in [6.07, 6.45) is 1.83. The van der Waals surface area contributed by atoms with Crippen molar-refractivity contribution in [3.63, 3.8) is 0 Å². The van der Waals surface area contributed by atoms with E-state index in [1.165, 1.54) is 6.07 Å². The third kappa shape index (κ3) is 2.47. The first-order chi connectivity index (χ1) is 8.11. The maximum atomic E-state index is 13.7. The van der Waals surface area contributed by atoms with Crippen molar-refractivity contribution < 1.29 is 13.9 Å². The maximum Gasteiger partial charge on any atom is 0.254 e. The van der Waals surface area contributed by atoms with Crippen LogP contribution in [0.15, 0.2) is 18.2 Å². The molecule has 1 aromatic rings. The van der Waals surface area contributed by atoms with Crippen LogP contribution in [0.5, 0.6) is 0 Å². The molecule has 0 atom stereocenters. The molecule has 1 aromatic carbocycles. The number of amides is 1. The number of carbonyl (C=O) groups is 1. The van der Waals surface area contributed by atoms with E-state index in [-0.39, 0.29) is 23.6 Å². The number of rotatable bonds is 3. The van der Waals surface area contributed by atoms with E-state index in [9.17, 15) is 9.18 Å². The Kier molecular flexibility index (Phi) is 3.43. The maximum absolute atomic E-state index is 13.7. The molecule has 0 bridgehead atoms. The molecule has 0 heterocycles. The molecule has 3 nitrogen and oxygen atoms in total. The van der Waals surface area contributed by atoms with Gasteiger partial charge in [0.2, 0.25) is 0 Å². The highest BCUT2D eigenvalue weighted by Gasteiger charge is 2.30. The molecule has 0 radical (unpaired) electrons. The third-order valence-corrected chi connectivity index (χ3v) is 3.20. The fourth-order valence-corrected chi connectivity index (χ4v) is 1.96. The number of halogens is 1. The zero-order valence-corrected chi connectivity index (χ0v) is 10.00. The van der Waals surface area contributed by atoms with Crippen molar-refractivity contribution in [1.82, 2.24) is 5.32 Å². The minimum Gasteiger partial charge on any atom is -0.381 e. The summed E-state index contributed by atoms with van der Waals surface area (Å²) in [5.74, 6) is -0.779. The first kappa shape index (κ1) is 12.0. The zero-order valence-electron chi connectivity index (χ0n) is 10.00. The minimum absolute atomic E-state index is 0.104. The van der Waals surface area contributed by atoms with E-state index >= 15 is 0 Å². The SMILES string of the molecule is COC1CC(NC(=O)c2cccc(C)c2F)C1. The Bertz CT molecular complexity index is 427. The molecule has 17 heavy (non-hydrogen) atoms. The number of ether oxygens (including phenoxy) is 1. The van der Waals surface area contributed by atoms with Gasteiger partial charge in [-0.15, -0.1) is 0 Å². The van der Waals surface area contributed by atoms with Gasteiger partial charge < -0.3 is 10.1 Å². The summed E-state index contributed by atoms with van der Waals surface area (Å²) in [7, 11) is 1.66. The van der Waals surface area contributed by atoms with Crippen LogP contribution in [-0.4, -0.2) is 25.2 Å². The van der Waals surface area contributed by atoms with E-state index < -0.39 is 5.82 Å². The van der Waals surface area contributed by atoms with E-state index in [0.717, 1.165) is 12.8 Å². The quantitative estimate of drug-likeness (QED) is 0.873. The molecule has 0 aliphatic heterocycles. The summed E-state index contributed by atoms with van der Waals surface area (Å²) in [6.45, 7) is 1.65. The number of aryl methyl sites for hydroxylation is 1. The summed E-state index contributed by atoms with van der Waals surface area (Å²) in [4.78, 5) is 11.8. The Labute approximate surface area is 100.0 Å². The van der Waals surface area contributed by atoms with Gasteiger partial charge in [0, 0.05) is 13.2 Å². The second-order valence-corrected chi connectivity index (χ2v) is 4.44. The second kappa shape index (κ2) is 4.84. The minimum atomic E-state index is -0.437. The van der Waals surface area contributed by atoms with Crippen molar-refractivity contribution in [2.45, 2.75) is 31.9 Å². The topological polar surface area (TPSA) is 38.3 Å². The van der Waals surface area contributed by atoms with Gasteiger partial charge in [0.1, 0.15) is 5.82 Å². The van der Waals surface area contributed by atoms with E-state index in [2.05, 4.69) is 5.32 Å². The fraction of sp³-hybridized carbons (Fsp3) is 0.462. The predicted octanol–water partition coefficient (Wildman–Crippen LogP) is 2.04. The number of nitrogens with one attached hydrogen (secondary N) is 1. The lowest BCUT2D eigenvalue weighted by Gasteiger charge is -2.34. The van der Waals surface area contributed by atoms with Crippen molar-refractivity contribution in [2.75, 3.05) is 7.11 Å². The van der Waals surface area contributed by atoms with Crippen LogP contribution in [0.2, 0.25) is 0 Å². The standard InChI is InChI=1S/C13H16FNO2/c1-8-4-3-5-11(12(8)14)13(16)15-9-6-10(7-9)17-2/h3-5,9-10H,6-7H2,1-2H3,(H,15,16). The van der Waals surface area contributed by atoms with Crippen LogP contribution in [0.3, 0.4) is 0 Å². The number of carbonyl (C=O) groups excluding carboxylic acids is 1. The number of methoxy groups -OCH3 is 1. The lowest BCUT2D eigenvalue weighted by molar-refractivity contribution is 0.0175. The van der Waals surface area contributed by atoms with Crippen LogP contribution in [0.25, 0.3) is 0 Å². The van der Waals surface area contributed by atoms with E-state index in [1.54, 1.807) is 26.2 Å². The Balaban J connectivity index is 1.99. The van der Waals surface area contributed by atoms with E-state index in [4.69, 9.17) is 4.74 Å². The summed E-state index contributed by atoms with van der Waals surface area (Å²) in [5.41, 5.74) is 0.604. The van der Waals surface area contributed by atoms with Crippen LogP contribution < -0.4 is 5.32 Å². The van der Waals surface area contributed by atoms with Crippen molar-refractivity contribution in [2.24, 2.45) is 0 Å². The van der Waals surface area contributed by atoms with Gasteiger partial charge in [-0.2, -0.15) is 0 Å². The molecule has 4 heteroatoms. The smallest absolute Gasteiger partial charge is 0.254 e. The summed E-state index contributed by atoms with van der Waals surface area (Å²) in [6, 6.07) is 4.94. The molecular weight excluding hydrogens is 221 g/mol. The predicted molar refractivity (Wildman–Crippen MR) is 62.4 cm³/mol. The van der Waals surface area contributed by atoms with Gasteiger partial charge in [-0.3, -0.25) is 4.79 Å². The van der Waals surface area contributed by atoms with Crippen LogP contribution in [0.1, 0.15) is 28.8 Å². The summed E-state index contributed by atoms with van der Waals surface area (Å²) in [5, 5.41) is 2.81. The molecular formula is C13H16FNO2. The number of hydrogen-bond donors (Lipinski definition) is 1. The molecule has 2 rings (SSSR count). The van der Waals surface area contributed by atoms with Gasteiger partial charge in [0.05, 0.1) is 11.7 Å². The van der Waals surface area contributed by atoms with Gasteiger partial charge in [-0.05, 0) is 31.4 Å². The molecule has 1 fully saturated rings. The van der Waals surface area contributed by atoms with Gasteiger partial charge in [-0.25, -0.2) is 4.39 Å². The molecule has 0 aromatic heterocycles. The zero-order chi connectivity index (χ0) is 12.4. The molecule has 1 aliphatic carbocycles. The van der Waals surface area contributed by atoms with Crippen LogP contribution in [0, 0.1) is 12.7 Å². The Hall–Kier alpha value is -1.42. The van der Waals surface area contributed by atoms with Gasteiger partial charge in [0.25, 0.3) is 5.91 Å². The Morgan fingerprint density at radius 1 is 1.47 bits per heavy atom. The molecule has 92 valence electrons. The first-order valence-corrected chi connectivity index (χ1v) is 5.70. The highest BCUT2D eigenvalue weighted by molar-refractivity contribution is 5.94. The van der Waals surface area contributed by atoms with Crippen molar-refractivity contribution in [3.05, 3.63) is 35.1 Å². The average Bonchev–Trinajstić information content (AvgIpc) is 2.26. The summed E-state index contributed by atoms with van der Waals surface area (Å²) >= 11 is 0. The molecule has 1 amide bonds. The van der Waals surface area contributed by atoms with E-state index in [0.29, 0.717) is 5.56 Å². The summed E-state index contributed by atoms with van der Waals surface area (Å²) < 4.78 is 18.8. The van der Waals surface area contributed by atoms with Crippen molar-refractivity contribution in [1.29, 1.82) is 0 Å². The van der Waals surface area contributed by atoms with Crippen molar-refractivity contribution >= 4 is 5.91 Å². The largest absolute Gasteiger partial charge is 0.381 e. The molecule has 1 N–H and O–H groups in total. The first-order valence-electron chi connectivity index (χ1n) is 5.70. The average molecular weight is 237 g/mol. The molecule has 0 saturated heterocycles.